The number of rotatable bonds is 5. The first kappa shape index (κ1) is 17.8. The van der Waals surface area contributed by atoms with Crippen LogP contribution in [0.3, 0.4) is 0 Å². The largest absolute Gasteiger partial charge is 0.497 e. The molecule has 6 heteroatoms. The maximum absolute atomic E-state index is 5.89. The van der Waals surface area contributed by atoms with Gasteiger partial charge in [-0.2, -0.15) is 0 Å². The van der Waals surface area contributed by atoms with Gasteiger partial charge in [0, 0.05) is 16.5 Å². The molecule has 0 saturated carbocycles. The maximum Gasteiger partial charge on any atom is 0.193 e. The maximum atomic E-state index is 5.89. The molecule has 114 valence electrons. The lowest BCUT2D eigenvalue weighted by molar-refractivity contribution is 0.415. The Kier molecular flexibility index (Phi) is 7.52. The third kappa shape index (κ3) is 5.55. The molecule has 0 aliphatic carbocycles. The zero-order valence-corrected chi connectivity index (χ0v) is 15.2. The fourth-order valence-electron chi connectivity index (χ4n) is 1.76. The third-order valence-electron chi connectivity index (χ3n) is 2.93. The number of aliphatic imine (C=N–C) groups is 1. The standard InChI is InChI=1S/C15H19N3OS.HI/c1-11(14-4-3-9-20-14)10-17-15(16)18-12-5-7-13(19-2)8-6-12;/h3-9,11H,10H2,1-2H3,(H3,16,17,18);1H. The molecular weight excluding hydrogens is 397 g/mol. The van der Waals surface area contributed by atoms with Gasteiger partial charge in [-0.3, -0.25) is 4.99 Å². The van der Waals surface area contributed by atoms with Crippen molar-refractivity contribution in [3.63, 3.8) is 0 Å². The summed E-state index contributed by atoms with van der Waals surface area (Å²) in [6.07, 6.45) is 0. The molecule has 3 N–H and O–H groups in total. The molecule has 1 atom stereocenters. The molecule has 0 aliphatic heterocycles. The van der Waals surface area contributed by atoms with E-state index < -0.39 is 0 Å². The van der Waals surface area contributed by atoms with E-state index in [1.807, 2.05) is 24.3 Å². The minimum Gasteiger partial charge on any atom is -0.497 e. The summed E-state index contributed by atoms with van der Waals surface area (Å²) in [5.74, 6) is 1.63. The lowest BCUT2D eigenvalue weighted by atomic mass is 10.1. The van der Waals surface area contributed by atoms with Crippen LogP contribution >= 0.6 is 35.3 Å². The molecule has 0 fully saturated rings. The molecule has 0 bridgehead atoms. The van der Waals surface area contributed by atoms with Crippen LogP contribution in [0.2, 0.25) is 0 Å². The van der Waals surface area contributed by atoms with Gasteiger partial charge in [0.05, 0.1) is 13.7 Å². The van der Waals surface area contributed by atoms with Crippen molar-refractivity contribution in [1.29, 1.82) is 0 Å². The first-order chi connectivity index (χ1) is 9.69. The second kappa shape index (κ2) is 8.89. The molecule has 0 spiro atoms. The molecule has 1 heterocycles. The second-order valence-corrected chi connectivity index (χ2v) is 5.48. The molecule has 0 radical (unpaired) electrons. The Labute approximate surface area is 146 Å². The summed E-state index contributed by atoms with van der Waals surface area (Å²) >= 11 is 1.75. The predicted molar refractivity (Wildman–Crippen MR) is 101 cm³/mol. The molecule has 1 unspecified atom stereocenters. The van der Waals surface area contributed by atoms with Crippen LogP contribution in [0.4, 0.5) is 5.69 Å². The number of ether oxygens (including phenoxy) is 1. The zero-order chi connectivity index (χ0) is 14.4. The van der Waals surface area contributed by atoms with E-state index in [-0.39, 0.29) is 24.0 Å². The fraction of sp³-hybridized carbons (Fsp3) is 0.267. The fourth-order valence-corrected chi connectivity index (χ4v) is 2.54. The van der Waals surface area contributed by atoms with Gasteiger partial charge in [0.2, 0.25) is 0 Å². The highest BCUT2D eigenvalue weighted by atomic mass is 127. The molecule has 2 aromatic rings. The van der Waals surface area contributed by atoms with E-state index in [9.17, 15) is 0 Å². The van der Waals surface area contributed by atoms with E-state index in [4.69, 9.17) is 10.5 Å². The second-order valence-electron chi connectivity index (χ2n) is 4.50. The number of thiophene rings is 1. The van der Waals surface area contributed by atoms with Crippen molar-refractivity contribution >= 4 is 47.0 Å². The SMILES string of the molecule is COc1ccc(NC(N)=NCC(C)c2cccs2)cc1.I. The van der Waals surface area contributed by atoms with Crippen molar-refractivity contribution < 1.29 is 4.74 Å². The molecular formula is C15H20IN3OS. The van der Waals surface area contributed by atoms with Crippen molar-refractivity contribution in [3.05, 3.63) is 46.7 Å². The molecule has 21 heavy (non-hydrogen) atoms. The number of nitrogens with two attached hydrogens (primary N) is 1. The van der Waals surface area contributed by atoms with Gasteiger partial charge in [0.15, 0.2) is 5.96 Å². The van der Waals surface area contributed by atoms with Gasteiger partial charge < -0.3 is 15.8 Å². The van der Waals surface area contributed by atoms with Crippen LogP contribution in [0.25, 0.3) is 0 Å². The molecule has 1 aromatic carbocycles. The van der Waals surface area contributed by atoms with Crippen molar-refractivity contribution in [2.75, 3.05) is 19.0 Å². The quantitative estimate of drug-likeness (QED) is 0.441. The lowest BCUT2D eigenvalue weighted by Crippen LogP contribution is -2.23. The van der Waals surface area contributed by atoms with Crippen LogP contribution in [0, 0.1) is 0 Å². The Hall–Kier alpha value is -1.28. The van der Waals surface area contributed by atoms with E-state index in [2.05, 4.69) is 34.7 Å². The zero-order valence-electron chi connectivity index (χ0n) is 12.1. The Morgan fingerprint density at radius 2 is 2.05 bits per heavy atom. The van der Waals surface area contributed by atoms with Gasteiger partial charge >= 0.3 is 0 Å². The number of anilines is 1. The summed E-state index contributed by atoms with van der Waals surface area (Å²) in [6.45, 7) is 2.82. The van der Waals surface area contributed by atoms with Crippen molar-refractivity contribution in [2.45, 2.75) is 12.8 Å². The van der Waals surface area contributed by atoms with E-state index in [1.165, 1.54) is 4.88 Å². The number of nitrogens with zero attached hydrogens (tertiary/aromatic N) is 1. The highest BCUT2D eigenvalue weighted by Crippen LogP contribution is 2.20. The number of methoxy groups -OCH3 is 1. The summed E-state index contributed by atoms with van der Waals surface area (Å²) in [5, 5.41) is 5.15. The van der Waals surface area contributed by atoms with Crippen molar-refractivity contribution in [3.8, 4) is 5.75 Å². The number of nitrogens with one attached hydrogen (secondary N) is 1. The average molecular weight is 417 g/mol. The van der Waals surface area contributed by atoms with Crippen LogP contribution < -0.4 is 15.8 Å². The highest BCUT2D eigenvalue weighted by Gasteiger charge is 2.05. The van der Waals surface area contributed by atoms with Crippen LogP contribution in [0.5, 0.6) is 5.75 Å². The highest BCUT2D eigenvalue weighted by molar-refractivity contribution is 14.0. The Morgan fingerprint density at radius 1 is 1.33 bits per heavy atom. The summed E-state index contributed by atoms with van der Waals surface area (Å²) in [7, 11) is 1.64. The monoisotopic (exact) mass is 417 g/mol. The van der Waals surface area contributed by atoms with Gasteiger partial charge in [0.1, 0.15) is 5.75 Å². The Morgan fingerprint density at radius 3 is 2.62 bits per heavy atom. The summed E-state index contributed by atoms with van der Waals surface area (Å²) in [6, 6.07) is 11.7. The topological polar surface area (TPSA) is 59.6 Å². The predicted octanol–water partition coefficient (Wildman–Crippen LogP) is 3.91. The van der Waals surface area contributed by atoms with Crippen LogP contribution in [0.15, 0.2) is 46.8 Å². The van der Waals surface area contributed by atoms with Crippen LogP contribution in [0.1, 0.15) is 17.7 Å². The van der Waals surface area contributed by atoms with Crippen molar-refractivity contribution in [1.82, 2.24) is 0 Å². The minimum absolute atomic E-state index is 0. The Balaban J connectivity index is 0.00000220. The number of guanidine groups is 1. The van der Waals surface area contributed by atoms with Gasteiger partial charge in [-0.05, 0) is 35.7 Å². The summed E-state index contributed by atoms with van der Waals surface area (Å²) in [4.78, 5) is 5.70. The summed E-state index contributed by atoms with van der Waals surface area (Å²) in [5.41, 5.74) is 6.79. The van der Waals surface area contributed by atoms with Gasteiger partial charge in [-0.1, -0.05) is 13.0 Å². The number of hydrogen-bond acceptors (Lipinski definition) is 3. The normalized spacial score (nSPS) is 12.4. The van der Waals surface area contributed by atoms with Crippen molar-refractivity contribution in [2.24, 2.45) is 10.7 Å². The molecule has 1 aromatic heterocycles. The van der Waals surface area contributed by atoms with E-state index in [0.717, 1.165) is 11.4 Å². The van der Waals surface area contributed by atoms with Crippen LogP contribution in [-0.4, -0.2) is 19.6 Å². The van der Waals surface area contributed by atoms with E-state index >= 15 is 0 Å². The first-order valence-corrected chi connectivity index (χ1v) is 7.31. The van der Waals surface area contributed by atoms with Gasteiger partial charge in [0.25, 0.3) is 0 Å². The van der Waals surface area contributed by atoms with Crippen LogP contribution in [-0.2, 0) is 0 Å². The number of hydrogen-bond donors (Lipinski definition) is 2. The lowest BCUT2D eigenvalue weighted by Gasteiger charge is -2.09. The number of halogens is 1. The molecule has 2 rings (SSSR count). The Bertz CT molecular complexity index is 555. The first-order valence-electron chi connectivity index (χ1n) is 6.43. The van der Waals surface area contributed by atoms with E-state index in [0.29, 0.717) is 18.4 Å². The number of benzene rings is 1. The molecule has 0 saturated heterocycles. The van der Waals surface area contributed by atoms with E-state index in [1.54, 1.807) is 18.4 Å². The molecule has 4 nitrogen and oxygen atoms in total. The molecule has 0 amide bonds. The third-order valence-corrected chi connectivity index (χ3v) is 4.03. The van der Waals surface area contributed by atoms with Gasteiger partial charge in [-0.25, -0.2) is 0 Å². The smallest absolute Gasteiger partial charge is 0.193 e. The average Bonchev–Trinajstić information content (AvgIpc) is 3.00. The molecule has 0 aliphatic rings. The minimum atomic E-state index is 0. The summed E-state index contributed by atoms with van der Waals surface area (Å²) < 4.78 is 5.11. The van der Waals surface area contributed by atoms with Gasteiger partial charge in [-0.15, -0.1) is 35.3 Å².